The number of H-pyrrole nitrogens is 1. The van der Waals surface area contributed by atoms with Crippen LogP contribution < -0.4 is 5.56 Å². The van der Waals surface area contributed by atoms with E-state index in [0.29, 0.717) is 5.25 Å². The zero-order valence-electron chi connectivity index (χ0n) is 10.8. The largest absolute Gasteiger partial charge is 0.321 e. The van der Waals surface area contributed by atoms with Crippen molar-refractivity contribution in [1.29, 1.82) is 0 Å². The molecule has 0 saturated carbocycles. The topological polar surface area (TPSA) is 32.9 Å². The van der Waals surface area contributed by atoms with Gasteiger partial charge in [0.1, 0.15) is 0 Å². The summed E-state index contributed by atoms with van der Waals surface area (Å²) in [7, 11) is 0. The summed E-state index contributed by atoms with van der Waals surface area (Å²) in [6.07, 6.45) is 0.925. The lowest BCUT2D eigenvalue weighted by molar-refractivity contribution is 0.951. The fourth-order valence-electron chi connectivity index (χ4n) is 2.84. The zero-order chi connectivity index (χ0) is 13.5. The molecule has 1 N–H and O–H groups in total. The molecule has 0 saturated heterocycles. The Bertz CT molecular complexity index is 838. The van der Waals surface area contributed by atoms with Crippen molar-refractivity contribution >= 4 is 22.7 Å². The van der Waals surface area contributed by atoms with Crippen LogP contribution in [0.5, 0.6) is 0 Å². The van der Waals surface area contributed by atoms with E-state index in [1.54, 1.807) is 11.8 Å². The molecule has 3 heteroatoms. The van der Waals surface area contributed by atoms with Crippen LogP contribution in [-0.2, 0) is 6.42 Å². The van der Waals surface area contributed by atoms with Gasteiger partial charge in [0.15, 0.2) is 0 Å². The number of aromatic nitrogens is 1. The molecule has 0 fully saturated rings. The first-order valence-electron chi connectivity index (χ1n) is 6.68. The van der Waals surface area contributed by atoms with Gasteiger partial charge in [-0.05, 0) is 23.6 Å². The predicted octanol–water partition coefficient (Wildman–Crippen LogP) is 3.92. The van der Waals surface area contributed by atoms with Crippen LogP contribution in [0.4, 0.5) is 0 Å². The van der Waals surface area contributed by atoms with Crippen molar-refractivity contribution in [3.63, 3.8) is 0 Å². The van der Waals surface area contributed by atoms with E-state index >= 15 is 0 Å². The Balaban J connectivity index is 1.87. The van der Waals surface area contributed by atoms with Crippen LogP contribution in [0.15, 0.2) is 64.3 Å². The molecule has 4 rings (SSSR count). The lowest BCUT2D eigenvalue weighted by Crippen LogP contribution is -2.08. The van der Waals surface area contributed by atoms with Gasteiger partial charge < -0.3 is 4.98 Å². The van der Waals surface area contributed by atoms with Crippen molar-refractivity contribution < 1.29 is 0 Å². The van der Waals surface area contributed by atoms with Gasteiger partial charge in [-0.2, -0.15) is 0 Å². The van der Waals surface area contributed by atoms with Crippen molar-refractivity contribution in [2.24, 2.45) is 0 Å². The van der Waals surface area contributed by atoms with Crippen LogP contribution in [0, 0.1) is 0 Å². The molecule has 0 amide bonds. The number of benzene rings is 2. The van der Waals surface area contributed by atoms with Crippen molar-refractivity contribution in [3.8, 4) is 0 Å². The molecule has 98 valence electrons. The molecular formula is C17H13NOS. The van der Waals surface area contributed by atoms with E-state index in [-0.39, 0.29) is 5.56 Å². The van der Waals surface area contributed by atoms with Crippen LogP contribution in [0.1, 0.15) is 16.4 Å². The first-order valence-corrected chi connectivity index (χ1v) is 7.56. The van der Waals surface area contributed by atoms with E-state index in [4.69, 9.17) is 0 Å². The average Bonchev–Trinajstić information content (AvgIpc) is 2.94. The monoisotopic (exact) mass is 279 g/mol. The smallest absolute Gasteiger partial charge is 0.262 e. The molecule has 2 nitrogen and oxygen atoms in total. The van der Waals surface area contributed by atoms with Gasteiger partial charge in [0.25, 0.3) is 5.56 Å². The molecule has 1 aliphatic heterocycles. The molecule has 20 heavy (non-hydrogen) atoms. The average molecular weight is 279 g/mol. The van der Waals surface area contributed by atoms with Crippen LogP contribution in [0.3, 0.4) is 0 Å². The number of thioether (sulfide) groups is 1. The van der Waals surface area contributed by atoms with Crippen LogP contribution in [-0.4, -0.2) is 4.98 Å². The summed E-state index contributed by atoms with van der Waals surface area (Å²) >= 11 is 1.69. The minimum absolute atomic E-state index is 0.0436. The molecule has 1 aromatic heterocycles. The van der Waals surface area contributed by atoms with Gasteiger partial charge in [-0.15, -0.1) is 11.8 Å². The predicted molar refractivity (Wildman–Crippen MR) is 83.3 cm³/mol. The van der Waals surface area contributed by atoms with E-state index < -0.39 is 0 Å². The third-order valence-electron chi connectivity index (χ3n) is 3.80. The molecule has 0 bridgehead atoms. The van der Waals surface area contributed by atoms with Gasteiger partial charge in [-0.1, -0.05) is 48.5 Å². The second-order valence-electron chi connectivity index (χ2n) is 5.03. The molecule has 0 aliphatic carbocycles. The lowest BCUT2D eigenvalue weighted by Gasteiger charge is -2.07. The number of hydrogen-bond donors (Lipinski definition) is 1. The standard InChI is InChI=1S/C17H13NOS/c19-17-16-13(12-8-4-5-9-14(12)18-17)10-15(20-16)11-6-2-1-3-7-11/h1-9,15H,10H2,(H,18,19). The number of para-hydroxylation sites is 1. The van der Waals surface area contributed by atoms with Gasteiger partial charge in [0.05, 0.1) is 4.90 Å². The third kappa shape index (κ3) is 1.78. The Morgan fingerprint density at radius 3 is 2.60 bits per heavy atom. The zero-order valence-corrected chi connectivity index (χ0v) is 11.6. The van der Waals surface area contributed by atoms with Crippen molar-refractivity contribution in [2.75, 3.05) is 0 Å². The van der Waals surface area contributed by atoms with Gasteiger partial charge >= 0.3 is 0 Å². The van der Waals surface area contributed by atoms with Crippen molar-refractivity contribution in [2.45, 2.75) is 16.6 Å². The summed E-state index contributed by atoms with van der Waals surface area (Å²) < 4.78 is 0. The van der Waals surface area contributed by atoms with E-state index in [1.807, 2.05) is 24.3 Å². The normalized spacial score (nSPS) is 17.3. The van der Waals surface area contributed by atoms with Crippen molar-refractivity contribution in [3.05, 3.63) is 76.1 Å². The first kappa shape index (κ1) is 11.8. The molecule has 1 atom stereocenters. The molecule has 0 spiro atoms. The van der Waals surface area contributed by atoms with E-state index in [0.717, 1.165) is 16.8 Å². The number of nitrogens with one attached hydrogen (secondary N) is 1. The second-order valence-corrected chi connectivity index (χ2v) is 6.24. The number of fused-ring (bicyclic) bond motifs is 3. The highest BCUT2D eigenvalue weighted by molar-refractivity contribution is 7.99. The Hall–Kier alpha value is -2.00. The summed E-state index contributed by atoms with van der Waals surface area (Å²) in [5.74, 6) is 0. The van der Waals surface area contributed by atoms with Crippen LogP contribution >= 0.6 is 11.8 Å². The third-order valence-corrected chi connectivity index (χ3v) is 5.19. The first-order chi connectivity index (χ1) is 9.83. The number of hydrogen-bond acceptors (Lipinski definition) is 2. The van der Waals surface area contributed by atoms with Crippen LogP contribution in [0.25, 0.3) is 10.9 Å². The van der Waals surface area contributed by atoms with Gasteiger partial charge in [0.2, 0.25) is 0 Å². The summed E-state index contributed by atoms with van der Waals surface area (Å²) in [5, 5.41) is 1.52. The summed E-state index contributed by atoms with van der Waals surface area (Å²) in [5.41, 5.74) is 3.47. The Morgan fingerprint density at radius 2 is 1.75 bits per heavy atom. The minimum Gasteiger partial charge on any atom is -0.321 e. The molecule has 1 aliphatic rings. The molecule has 1 unspecified atom stereocenters. The van der Waals surface area contributed by atoms with Gasteiger partial charge in [-0.25, -0.2) is 0 Å². The summed E-state index contributed by atoms with van der Waals surface area (Å²) in [4.78, 5) is 16.1. The van der Waals surface area contributed by atoms with E-state index in [9.17, 15) is 4.79 Å². The maximum atomic E-state index is 12.2. The van der Waals surface area contributed by atoms with Gasteiger partial charge in [0, 0.05) is 16.2 Å². The van der Waals surface area contributed by atoms with E-state index in [1.165, 1.54) is 16.5 Å². The Labute approximate surface area is 120 Å². The van der Waals surface area contributed by atoms with Gasteiger partial charge in [-0.3, -0.25) is 4.79 Å². The number of aromatic amines is 1. The second kappa shape index (κ2) is 4.53. The number of pyridine rings is 1. The molecule has 0 radical (unpaired) electrons. The van der Waals surface area contributed by atoms with E-state index in [2.05, 4.69) is 35.3 Å². The lowest BCUT2D eigenvalue weighted by atomic mass is 10.0. The highest BCUT2D eigenvalue weighted by atomic mass is 32.2. The minimum atomic E-state index is 0.0436. The maximum absolute atomic E-state index is 12.2. The highest BCUT2D eigenvalue weighted by Gasteiger charge is 2.27. The van der Waals surface area contributed by atoms with Crippen molar-refractivity contribution in [1.82, 2.24) is 4.98 Å². The summed E-state index contributed by atoms with van der Waals surface area (Å²) in [6.45, 7) is 0. The fraction of sp³-hybridized carbons (Fsp3) is 0.118. The molecular weight excluding hydrogens is 266 g/mol. The number of rotatable bonds is 1. The molecule has 2 aromatic carbocycles. The maximum Gasteiger partial charge on any atom is 0.262 e. The highest BCUT2D eigenvalue weighted by Crippen LogP contribution is 2.46. The van der Waals surface area contributed by atoms with Crippen LogP contribution in [0.2, 0.25) is 0 Å². The quantitative estimate of drug-likeness (QED) is 0.732. The SMILES string of the molecule is O=c1[nH]c2ccccc2c2c1SC(c1ccccc1)C2. The molecule has 3 aromatic rings. The fourth-order valence-corrected chi connectivity index (χ4v) is 4.17. The molecule has 2 heterocycles. The Morgan fingerprint density at radius 1 is 1.00 bits per heavy atom. The Kier molecular flexibility index (Phi) is 2.67. The summed E-state index contributed by atoms with van der Waals surface area (Å²) in [6, 6.07) is 18.5.